The zero-order valence-corrected chi connectivity index (χ0v) is 15.5. The maximum atomic E-state index is 12.0. The molecule has 2 aromatic carbocycles. The average Bonchev–Trinajstić information content (AvgIpc) is 2.58. The maximum Gasteiger partial charge on any atom is 0.257 e. The molecule has 6 heteroatoms. The standard InChI is InChI=1S/C19H23NO4S/c1-19(2,15-8-5-4-6-9-15)14-20-18(21)13-24-16-10-7-11-17(12-16)25(3,22)23/h4-12H,13-14H2,1-3H3,(H,20,21). The maximum absolute atomic E-state index is 12.0. The molecule has 0 spiro atoms. The Hall–Kier alpha value is -2.34. The number of ether oxygens (including phenoxy) is 1. The van der Waals surface area contributed by atoms with Gasteiger partial charge >= 0.3 is 0 Å². The van der Waals surface area contributed by atoms with Gasteiger partial charge in [-0.2, -0.15) is 0 Å². The first-order chi connectivity index (χ1) is 11.7. The van der Waals surface area contributed by atoms with E-state index in [0.717, 1.165) is 11.8 Å². The zero-order chi connectivity index (χ0) is 18.5. The number of benzene rings is 2. The molecular weight excluding hydrogens is 338 g/mol. The SMILES string of the molecule is CC(C)(CNC(=O)COc1cccc(S(C)(=O)=O)c1)c1ccccc1. The van der Waals surface area contributed by atoms with Gasteiger partial charge in [0.25, 0.3) is 5.91 Å². The monoisotopic (exact) mass is 361 g/mol. The molecule has 0 bridgehead atoms. The molecule has 0 aliphatic rings. The highest BCUT2D eigenvalue weighted by molar-refractivity contribution is 7.90. The normalized spacial score (nSPS) is 11.8. The van der Waals surface area contributed by atoms with E-state index in [1.165, 1.54) is 12.1 Å². The lowest BCUT2D eigenvalue weighted by Crippen LogP contribution is -2.38. The minimum Gasteiger partial charge on any atom is -0.484 e. The number of carbonyl (C=O) groups excluding carboxylic acids is 1. The molecule has 0 radical (unpaired) electrons. The first kappa shape index (κ1) is 19.0. The van der Waals surface area contributed by atoms with Crippen molar-refractivity contribution in [2.75, 3.05) is 19.4 Å². The lowest BCUT2D eigenvalue weighted by atomic mass is 9.84. The van der Waals surface area contributed by atoms with Gasteiger partial charge in [0.2, 0.25) is 0 Å². The Morgan fingerprint density at radius 3 is 2.40 bits per heavy atom. The predicted octanol–water partition coefficient (Wildman–Crippen LogP) is 2.56. The van der Waals surface area contributed by atoms with E-state index < -0.39 is 9.84 Å². The summed E-state index contributed by atoms with van der Waals surface area (Å²) < 4.78 is 28.5. The van der Waals surface area contributed by atoms with Crippen molar-refractivity contribution in [3.8, 4) is 5.75 Å². The highest BCUT2D eigenvalue weighted by Crippen LogP contribution is 2.21. The Bertz CT molecular complexity index is 830. The van der Waals surface area contributed by atoms with Crippen LogP contribution in [0, 0.1) is 0 Å². The number of sulfone groups is 1. The molecule has 0 aromatic heterocycles. The average molecular weight is 361 g/mol. The van der Waals surface area contributed by atoms with Crippen LogP contribution < -0.4 is 10.1 Å². The Kier molecular flexibility index (Phi) is 5.85. The van der Waals surface area contributed by atoms with Crippen molar-refractivity contribution in [3.05, 3.63) is 60.2 Å². The molecule has 2 rings (SSSR count). The van der Waals surface area contributed by atoms with E-state index in [1.807, 2.05) is 30.3 Å². The van der Waals surface area contributed by atoms with Crippen LogP contribution in [-0.4, -0.2) is 33.7 Å². The Balaban J connectivity index is 1.89. The van der Waals surface area contributed by atoms with Gasteiger partial charge in [-0.1, -0.05) is 50.2 Å². The molecule has 0 fully saturated rings. The summed E-state index contributed by atoms with van der Waals surface area (Å²) >= 11 is 0. The van der Waals surface area contributed by atoms with Crippen LogP contribution in [0.15, 0.2) is 59.5 Å². The van der Waals surface area contributed by atoms with E-state index >= 15 is 0 Å². The minimum absolute atomic E-state index is 0.163. The van der Waals surface area contributed by atoms with E-state index in [4.69, 9.17) is 4.74 Å². The molecule has 134 valence electrons. The number of hydrogen-bond donors (Lipinski definition) is 1. The van der Waals surface area contributed by atoms with Gasteiger partial charge in [-0.3, -0.25) is 4.79 Å². The molecule has 1 amide bonds. The summed E-state index contributed by atoms with van der Waals surface area (Å²) in [6.45, 7) is 4.42. The van der Waals surface area contributed by atoms with Crippen molar-refractivity contribution in [1.29, 1.82) is 0 Å². The number of hydrogen-bond acceptors (Lipinski definition) is 4. The fourth-order valence-electron chi connectivity index (χ4n) is 2.31. The van der Waals surface area contributed by atoms with Gasteiger partial charge in [0.15, 0.2) is 16.4 Å². The van der Waals surface area contributed by atoms with Crippen LogP contribution in [0.1, 0.15) is 19.4 Å². The van der Waals surface area contributed by atoms with Crippen LogP contribution in [0.4, 0.5) is 0 Å². The van der Waals surface area contributed by atoms with E-state index in [1.54, 1.807) is 12.1 Å². The van der Waals surface area contributed by atoms with Crippen LogP contribution in [0.2, 0.25) is 0 Å². The largest absolute Gasteiger partial charge is 0.484 e. The third kappa shape index (κ3) is 5.60. The summed E-state index contributed by atoms with van der Waals surface area (Å²) in [4.78, 5) is 12.2. The van der Waals surface area contributed by atoms with Crippen LogP contribution >= 0.6 is 0 Å². The molecule has 0 saturated carbocycles. The van der Waals surface area contributed by atoms with Gasteiger partial charge in [0.1, 0.15) is 5.75 Å². The summed E-state index contributed by atoms with van der Waals surface area (Å²) in [7, 11) is -3.30. The summed E-state index contributed by atoms with van der Waals surface area (Å²) in [5.41, 5.74) is 0.935. The molecule has 0 aliphatic carbocycles. The van der Waals surface area contributed by atoms with Crippen molar-refractivity contribution in [2.24, 2.45) is 0 Å². The second kappa shape index (κ2) is 7.70. The predicted molar refractivity (Wildman–Crippen MR) is 97.5 cm³/mol. The Morgan fingerprint density at radius 2 is 1.76 bits per heavy atom. The number of rotatable bonds is 7. The molecule has 0 unspecified atom stereocenters. The summed E-state index contributed by atoms with van der Waals surface area (Å²) in [6.07, 6.45) is 1.13. The molecule has 25 heavy (non-hydrogen) atoms. The van der Waals surface area contributed by atoms with Gasteiger partial charge in [0, 0.05) is 18.2 Å². The molecule has 2 aromatic rings. The quantitative estimate of drug-likeness (QED) is 0.823. The fourth-order valence-corrected chi connectivity index (χ4v) is 2.96. The van der Waals surface area contributed by atoms with Gasteiger partial charge in [-0.05, 0) is 23.8 Å². The van der Waals surface area contributed by atoms with Gasteiger partial charge in [-0.25, -0.2) is 8.42 Å². The smallest absolute Gasteiger partial charge is 0.257 e. The van der Waals surface area contributed by atoms with Crippen molar-refractivity contribution < 1.29 is 17.9 Å². The molecule has 0 heterocycles. The Morgan fingerprint density at radius 1 is 1.08 bits per heavy atom. The highest BCUT2D eigenvalue weighted by atomic mass is 32.2. The molecule has 5 nitrogen and oxygen atoms in total. The number of amides is 1. The van der Waals surface area contributed by atoms with E-state index in [9.17, 15) is 13.2 Å². The van der Waals surface area contributed by atoms with Gasteiger partial charge < -0.3 is 10.1 Å². The number of nitrogens with one attached hydrogen (secondary N) is 1. The second-order valence-electron chi connectivity index (χ2n) is 6.56. The van der Waals surface area contributed by atoms with Crippen molar-refractivity contribution in [2.45, 2.75) is 24.2 Å². The van der Waals surface area contributed by atoms with Crippen molar-refractivity contribution in [1.82, 2.24) is 5.32 Å². The first-order valence-electron chi connectivity index (χ1n) is 7.94. The second-order valence-corrected chi connectivity index (χ2v) is 8.58. The van der Waals surface area contributed by atoms with E-state index in [0.29, 0.717) is 12.3 Å². The fraction of sp³-hybridized carbons (Fsp3) is 0.316. The van der Waals surface area contributed by atoms with Crippen LogP contribution in [-0.2, 0) is 20.0 Å². The molecular formula is C19H23NO4S. The molecule has 0 aliphatic heterocycles. The lowest BCUT2D eigenvalue weighted by molar-refractivity contribution is -0.123. The number of carbonyl (C=O) groups is 1. The Labute approximate surface area is 148 Å². The molecule has 1 N–H and O–H groups in total. The highest BCUT2D eigenvalue weighted by Gasteiger charge is 2.21. The van der Waals surface area contributed by atoms with Crippen LogP contribution in [0.3, 0.4) is 0 Å². The first-order valence-corrected chi connectivity index (χ1v) is 9.83. The topological polar surface area (TPSA) is 72.5 Å². The van der Waals surface area contributed by atoms with Gasteiger partial charge in [-0.15, -0.1) is 0 Å². The van der Waals surface area contributed by atoms with Crippen molar-refractivity contribution >= 4 is 15.7 Å². The summed E-state index contributed by atoms with van der Waals surface area (Å²) in [5.74, 6) is 0.0918. The third-order valence-electron chi connectivity index (χ3n) is 3.89. The van der Waals surface area contributed by atoms with Crippen LogP contribution in [0.5, 0.6) is 5.75 Å². The van der Waals surface area contributed by atoms with Gasteiger partial charge in [0.05, 0.1) is 4.90 Å². The summed E-state index contributed by atoms with van der Waals surface area (Å²) in [6, 6.07) is 16.1. The summed E-state index contributed by atoms with van der Waals surface area (Å²) in [5, 5.41) is 2.85. The van der Waals surface area contributed by atoms with Crippen LogP contribution in [0.25, 0.3) is 0 Å². The zero-order valence-electron chi connectivity index (χ0n) is 14.7. The third-order valence-corrected chi connectivity index (χ3v) is 5.00. The van der Waals surface area contributed by atoms with E-state index in [-0.39, 0.29) is 22.8 Å². The molecule has 0 atom stereocenters. The molecule has 0 saturated heterocycles. The minimum atomic E-state index is -3.30. The van der Waals surface area contributed by atoms with E-state index in [2.05, 4.69) is 19.2 Å². The van der Waals surface area contributed by atoms with Crippen molar-refractivity contribution in [3.63, 3.8) is 0 Å². The lowest BCUT2D eigenvalue weighted by Gasteiger charge is -2.25.